The molecule has 2 heterocycles. The van der Waals surface area contributed by atoms with Crippen molar-refractivity contribution in [3.8, 4) is 0 Å². The van der Waals surface area contributed by atoms with Crippen LogP contribution in [0.5, 0.6) is 0 Å². The first-order valence-corrected chi connectivity index (χ1v) is 9.86. The minimum Gasteiger partial charge on any atom is -0.348 e. The van der Waals surface area contributed by atoms with Gasteiger partial charge < -0.3 is 5.32 Å². The van der Waals surface area contributed by atoms with Crippen molar-refractivity contribution < 1.29 is 4.79 Å². The van der Waals surface area contributed by atoms with Gasteiger partial charge in [0.25, 0.3) is 5.56 Å². The van der Waals surface area contributed by atoms with E-state index in [0.29, 0.717) is 12.1 Å². The van der Waals surface area contributed by atoms with Gasteiger partial charge in [0.1, 0.15) is 6.04 Å². The monoisotopic (exact) mass is 388 g/mol. The topological polar surface area (TPSA) is 68.4 Å². The number of nitrogens with zero attached hydrogens (tertiary/aromatic N) is 3. The molecule has 2 aromatic heterocycles. The molecule has 29 heavy (non-hydrogen) atoms. The minimum absolute atomic E-state index is 0.0652. The van der Waals surface area contributed by atoms with E-state index in [1.54, 1.807) is 0 Å². The molecule has 0 radical (unpaired) electrons. The average molecular weight is 388 g/mol. The number of rotatable bonds is 5. The van der Waals surface area contributed by atoms with Crippen LogP contribution in [0.1, 0.15) is 43.6 Å². The van der Waals surface area contributed by atoms with Gasteiger partial charge in [0.2, 0.25) is 5.91 Å². The Kier molecular flexibility index (Phi) is 4.92. The highest BCUT2D eigenvalue weighted by molar-refractivity contribution is 5.94. The Balaban J connectivity index is 1.83. The van der Waals surface area contributed by atoms with Crippen LogP contribution in [-0.4, -0.2) is 20.1 Å². The second-order valence-corrected chi connectivity index (χ2v) is 7.30. The second-order valence-electron chi connectivity index (χ2n) is 7.30. The second kappa shape index (κ2) is 7.54. The van der Waals surface area contributed by atoms with E-state index in [4.69, 9.17) is 0 Å². The molecule has 6 heteroatoms. The summed E-state index contributed by atoms with van der Waals surface area (Å²) in [7, 11) is 0. The van der Waals surface area contributed by atoms with Crippen LogP contribution in [-0.2, 0) is 4.79 Å². The first-order valence-electron chi connectivity index (χ1n) is 9.86. The third-order valence-electron chi connectivity index (χ3n) is 5.33. The molecular weight excluding hydrogens is 364 g/mol. The largest absolute Gasteiger partial charge is 0.348 e. The quantitative estimate of drug-likeness (QED) is 0.566. The Morgan fingerprint density at radius 1 is 1.10 bits per heavy atom. The van der Waals surface area contributed by atoms with Gasteiger partial charge in [-0.05, 0) is 38.0 Å². The molecule has 2 aromatic carbocycles. The summed E-state index contributed by atoms with van der Waals surface area (Å²) in [5, 5.41) is 4.00. The normalized spacial score (nSPS) is 13.5. The number of hydrogen-bond donors (Lipinski definition) is 1. The van der Waals surface area contributed by atoms with Crippen molar-refractivity contribution in [2.24, 2.45) is 0 Å². The molecule has 0 saturated heterocycles. The Morgan fingerprint density at radius 2 is 1.79 bits per heavy atom. The van der Waals surface area contributed by atoms with E-state index in [2.05, 4.69) is 10.3 Å². The van der Waals surface area contributed by atoms with E-state index in [1.807, 2.05) is 84.6 Å². The number of fused-ring (bicyclic) bond motifs is 3. The van der Waals surface area contributed by atoms with Gasteiger partial charge in [0.15, 0.2) is 5.65 Å². The van der Waals surface area contributed by atoms with Gasteiger partial charge in [-0.25, -0.2) is 4.52 Å². The molecule has 4 rings (SSSR count). The summed E-state index contributed by atoms with van der Waals surface area (Å²) in [5.74, 6) is -0.0652. The van der Waals surface area contributed by atoms with Crippen LogP contribution >= 0.6 is 0 Å². The number of carbonyl (C=O) groups excluding carboxylic acids is 1. The van der Waals surface area contributed by atoms with E-state index >= 15 is 0 Å². The van der Waals surface area contributed by atoms with E-state index in [9.17, 15) is 9.59 Å². The van der Waals surface area contributed by atoms with Crippen LogP contribution in [0.4, 0.5) is 0 Å². The number of benzene rings is 2. The van der Waals surface area contributed by atoms with E-state index < -0.39 is 6.04 Å². The van der Waals surface area contributed by atoms with Crippen molar-refractivity contribution in [3.05, 3.63) is 82.3 Å². The molecule has 1 N–H and O–H groups in total. The number of carbonyl (C=O) groups is 1. The van der Waals surface area contributed by atoms with Gasteiger partial charge in [-0.2, -0.15) is 4.98 Å². The summed E-state index contributed by atoms with van der Waals surface area (Å²) in [6.45, 7) is 5.83. The van der Waals surface area contributed by atoms with Gasteiger partial charge in [-0.3, -0.25) is 14.3 Å². The van der Waals surface area contributed by atoms with Crippen LogP contribution in [0.3, 0.4) is 0 Å². The molecule has 0 bridgehead atoms. The molecule has 0 aliphatic rings. The zero-order chi connectivity index (χ0) is 20.5. The number of aryl methyl sites for hydroxylation is 1. The fourth-order valence-corrected chi connectivity index (χ4v) is 3.92. The molecule has 1 amide bonds. The minimum atomic E-state index is -0.438. The van der Waals surface area contributed by atoms with Gasteiger partial charge in [0.05, 0.1) is 11.6 Å². The zero-order valence-corrected chi connectivity index (χ0v) is 16.8. The van der Waals surface area contributed by atoms with Gasteiger partial charge in [-0.15, -0.1) is 0 Å². The molecule has 0 aliphatic carbocycles. The van der Waals surface area contributed by atoms with Gasteiger partial charge >= 0.3 is 0 Å². The molecule has 0 fully saturated rings. The first-order chi connectivity index (χ1) is 14.0. The van der Waals surface area contributed by atoms with Gasteiger partial charge in [-0.1, -0.05) is 49.4 Å². The fourth-order valence-electron chi connectivity index (χ4n) is 3.92. The van der Waals surface area contributed by atoms with E-state index in [0.717, 1.165) is 22.2 Å². The summed E-state index contributed by atoms with van der Waals surface area (Å²) in [5.41, 5.74) is 2.98. The molecule has 6 nitrogen and oxygen atoms in total. The highest BCUT2D eigenvalue weighted by Crippen LogP contribution is 2.27. The highest BCUT2D eigenvalue weighted by atomic mass is 16.2. The molecule has 4 aromatic rings. The smallest absolute Gasteiger partial charge is 0.273 e. The maximum atomic E-state index is 13.3. The molecular formula is C23H24N4O2. The number of nitrogens with one attached hydrogen (secondary N) is 1. The Morgan fingerprint density at radius 3 is 2.52 bits per heavy atom. The van der Waals surface area contributed by atoms with Crippen LogP contribution in [0.15, 0.2) is 65.5 Å². The van der Waals surface area contributed by atoms with Crippen molar-refractivity contribution in [2.45, 2.75) is 39.3 Å². The lowest BCUT2D eigenvalue weighted by Gasteiger charge is -2.23. The highest BCUT2D eigenvalue weighted by Gasteiger charge is 2.25. The van der Waals surface area contributed by atoms with Crippen molar-refractivity contribution in [3.63, 3.8) is 0 Å². The van der Waals surface area contributed by atoms with Crippen LogP contribution in [0.25, 0.3) is 16.6 Å². The molecule has 2 atom stereocenters. The standard InChI is InChI=1S/C23H24N4O2/c1-4-19(23(29)24-16(3)17-10-6-5-7-11-17)27-20-13-9-8-12-18(20)22-25-21(28)14-15(2)26(22)27/h5-14,16,19H,4H2,1-3H3,(H,24,29)/t16-,19+/m1/s1. The Hall–Kier alpha value is -3.41. The summed E-state index contributed by atoms with van der Waals surface area (Å²) >= 11 is 0. The molecule has 0 aliphatic heterocycles. The molecule has 0 saturated carbocycles. The van der Waals surface area contributed by atoms with Crippen molar-refractivity contribution in [1.82, 2.24) is 19.5 Å². The number of aromatic nitrogens is 3. The fraction of sp³-hybridized carbons (Fsp3) is 0.261. The number of amides is 1. The van der Waals surface area contributed by atoms with E-state index in [1.165, 1.54) is 6.07 Å². The zero-order valence-electron chi connectivity index (χ0n) is 16.8. The summed E-state index contributed by atoms with van der Waals surface area (Å²) < 4.78 is 3.84. The Labute approximate surface area is 168 Å². The number of hydrogen-bond acceptors (Lipinski definition) is 3. The average Bonchev–Trinajstić information content (AvgIpc) is 3.04. The SMILES string of the molecule is CC[C@@H](C(=O)N[C@H](C)c1ccccc1)n1c2ccccc2c2nc(=O)cc(C)n21. The molecule has 0 spiro atoms. The molecule has 0 unspecified atom stereocenters. The van der Waals surface area contributed by atoms with Crippen LogP contribution in [0.2, 0.25) is 0 Å². The lowest BCUT2D eigenvalue weighted by Crippen LogP contribution is -2.35. The third kappa shape index (κ3) is 3.31. The molecule has 148 valence electrons. The maximum absolute atomic E-state index is 13.3. The van der Waals surface area contributed by atoms with Crippen molar-refractivity contribution in [2.75, 3.05) is 0 Å². The predicted octanol–water partition coefficient (Wildman–Crippen LogP) is 3.79. The maximum Gasteiger partial charge on any atom is 0.273 e. The lowest BCUT2D eigenvalue weighted by atomic mass is 10.1. The van der Waals surface area contributed by atoms with Crippen LogP contribution in [0, 0.1) is 6.92 Å². The summed E-state index contributed by atoms with van der Waals surface area (Å²) in [4.78, 5) is 29.5. The summed E-state index contributed by atoms with van der Waals surface area (Å²) in [6, 6.07) is 18.6. The number of para-hydroxylation sites is 1. The third-order valence-corrected chi connectivity index (χ3v) is 5.33. The van der Waals surface area contributed by atoms with E-state index in [-0.39, 0.29) is 17.5 Å². The Bertz CT molecular complexity index is 1240. The van der Waals surface area contributed by atoms with Crippen molar-refractivity contribution in [1.29, 1.82) is 0 Å². The predicted molar refractivity (Wildman–Crippen MR) is 114 cm³/mol. The van der Waals surface area contributed by atoms with Crippen LogP contribution < -0.4 is 10.9 Å². The first kappa shape index (κ1) is 18.9. The van der Waals surface area contributed by atoms with Gasteiger partial charge in [0, 0.05) is 17.1 Å². The van der Waals surface area contributed by atoms with Crippen molar-refractivity contribution >= 4 is 22.5 Å². The summed E-state index contributed by atoms with van der Waals surface area (Å²) in [6.07, 6.45) is 0.604. The lowest BCUT2D eigenvalue weighted by molar-refractivity contribution is -0.125.